The Morgan fingerprint density at radius 1 is 1.27 bits per heavy atom. The second-order valence-electron chi connectivity index (χ2n) is 9.36. The number of hydrogen-bond donors (Lipinski definition) is 2. The lowest BCUT2D eigenvalue weighted by atomic mass is 9.71. The number of benzene rings is 1. The third-order valence-corrected chi connectivity index (χ3v) is 6.38. The van der Waals surface area contributed by atoms with Crippen molar-refractivity contribution in [3.05, 3.63) is 55.7 Å². The molecule has 1 aliphatic rings. The molecule has 3 aromatic rings. The van der Waals surface area contributed by atoms with Gasteiger partial charge in [-0.15, -0.1) is 0 Å². The Kier molecular flexibility index (Phi) is 5.26. The monoisotopic (exact) mass is 429 g/mol. The maximum atomic E-state index is 12.7. The Bertz CT molecular complexity index is 1210. The SMILES string of the molecule is C[C@H]1C[C@@H](Nc2nc3c(c(=O)[nH]c(=O)n3C)n2Cc2ccccc2Cl)CC(C)(C)C1. The summed E-state index contributed by atoms with van der Waals surface area (Å²) in [5, 5.41) is 4.20. The zero-order chi connectivity index (χ0) is 21.6. The van der Waals surface area contributed by atoms with E-state index in [1.54, 1.807) is 7.05 Å². The van der Waals surface area contributed by atoms with Gasteiger partial charge in [0.15, 0.2) is 11.2 Å². The van der Waals surface area contributed by atoms with Crippen LogP contribution in [-0.2, 0) is 13.6 Å². The molecule has 1 saturated carbocycles. The molecule has 1 fully saturated rings. The molecule has 0 unspecified atom stereocenters. The van der Waals surface area contributed by atoms with Crippen molar-refractivity contribution in [2.45, 2.75) is 52.6 Å². The zero-order valence-electron chi connectivity index (χ0n) is 17.8. The van der Waals surface area contributed by atoms with Gasteiger partial charge in [0.25, 0.3) is 5.56 Å². The molecule has 8 heteroatoms. The van der Waals surface area contributed by atoms with E-state index in [1.807, 2.05) is 28.8 Å². The maximum Gasteiger partial charge on any atom is 0.329 e. The van der Waals surface area contributed by atoms with Crippen molar-refractivity contribution in [1.29, 1.82) is 0 Å². The standard InChI is InChI=1S/C22H28ClN5O2/c1-13-9-15(11-22(2,3)10-13)24-20-25-18-17(19(29)26-21(30)27(18)4)28(20)12-14-7-5-6-8-16(14)23/h5-8,13,15H,9-12H2,1-4H3,(H,24,25)(H,26,29,30)/t13-,15+/m0/s1. The molecular weight excluding hydrogens is 402 g/mol. The van der Waals surface area contributed by atoms with Gasteiger partial charge in [0.1, 0.15) is 0 Å². The van der Waals surface area contributed by atoms with Crippen molar-refractivity contribution >= 4 is 28.7 Å². The van der Waals surface area contributed by atoms with Crippen molar-refractivity contribution in [1.82, 2.24) is 19.1 Å². The van der Waals surface area contributed by atoms with Gasteiger partial charge in [-0.3, -0.25) is 18.9 Å². The van der Waals surface area contributed by atoms with Crippen LogP contribution in [0.25, 0.3) is 11.2 Å². The zero-order valence-corrected chi connectivity index (χ0v) is 18.6. The first-order valence-corrected chi connectivity index (χ1v) is 10.7. The molecule has 30 heavy (non-hydrogen) atoms. The van der Waals surface area contributed by atoms with Gasteiger partial charge in [-0.1, -0.05) is 50.6 Å². The molecule has 1 aliphatic carbocycles. The number of nitrogens with zero attached hydrogens (tertiary/aromatic N) is 3. The van der Waals surface area contributed by atoms with E-state index in [9.17, 15) is 9.59 Å². The fourth-order valence-corrected chi connectivity index (χ4v) is 5.13. The van der Waals surface area contributed by atoms with Gasteiger partial charge in [-0.25, -0.2) is 4.79 Å². The summed E-state index contributed by atoms with van der Waals surface area (Å²) in [4.78, 5) is 31.9. The minimum atomic E-state index is -0.478. The molecule has 160 valence electrons. The number of aryl methyl sites for hydroxylation is 1. The average molecular weight is 430 g/mol. The maximum absolute atomic E-state index is 12.7. The largest absolute Gasteiger partial charge is 0.353 e. The Hall–Kier alpha value is -2.54. The van der Waals surface area contributed by atoms with Crippen LogP contribution in [0, 0.1) is 11.3 Å². The van der Waals surface area contributed by atoms with E-state index in [4.69, 9.17) is 11.6 Å². The van der Waals surface area contributed by atoms with Gasteiger partial charge < -0.3 is 5.32 Å². The summed E-state index contributed by atoms with van der Waals surface area (Å²) in [5.74, 6) is 1.19. The molecular formula is C22H28ClN5O2. The molecule has 2 aromatic heterocycles. The summed E-state index contributed by atoms with van der Waals surface area (Å²) < 4.78 is 3.21. The summed E-state index contributed by atoms with van der Waals surface area (Å²) in [5.41, 5.74) is 0.919. The second kappa shape index (κ2) is 7.61. The third kappa shape index (κ3) is 3.90. The molecule has 2 atom stereocenters. The summed E-state index contributed by atoms with van der Waals surface area (Å²) in [6.07, 6.45) is 3.24. The molecule has 1 aromatic carbocycles. The molecule has 2 N–H and O–H groups in total. The van der Waals surface area contributed by atoms with Crippen molar-refractivity contribution in [3.8, 4) is 0 Å². The molecule has 7 nitrogen and oxygen atoms in total. The summed E-state index contributed by atoms with van der Waals surface area (Å²) >= 11 is 6.39. The van der Waals surface area contributed by atoms with Crippen molar-refractivity contribution in [2.24, 2.45) is 18.4 Å². The minimum absolute atomic E-state index is 0.235. The average Bonchev–Trinajstić information content (AvgIpc) is 2.98. The molecule has 0 aliphatic heterocycles. The van der Waals surface area contributed by atoms with Crippen LogP contribution in [0.15, 0.2) is 33.9 Å². The van der Waals surface area contributed by atoms with E-state index in [2.05, 4.69) is 36.1 Å². The highest BCUT2D eigenvalue weighted by atomic mass is 35.5. The highest BCUT2D eigenvalue weighted by Gasteiger charge is 2.33. The highest BCUT2D eigenvalue weighted by molar-refractivity contribution is 6.31. The quantitative estimate of drug-likeness (QED) is 0.661. The fraction of sp³-hybridized carbons (Fsp3) is 0.500. The Morgan fingerprint density at radius 3 is 2.70 bits per heavy atom. The van der Waals surface area contributed by atoms with Crippen molar-refractivity contribution < 1.29 is 0 Å². The number of imidazole rings is 1. The minimum Gasteiger partial charge on any atom is -0.353 e. The molecule has 0 bridgehead atoms. The highest BCUT2D eigenvalue weighted by Crippen LogP contribution is 2.39. The molecule has 0 saturated heterocycles. The normalized spacial score (nSPS) is 21.1. The molecule has 0 radical (unpaired) electrons. The number of nitrogens with one attached hydrogen (secondary N) is 2. The van der Waals surface area contributed by atoms with E-state index in [-0.39, 0.29) is 11.5 Å². The number of aromatic amines is 1. The Morgan fingerprint density at radius 2 is 2.00 bits per heavy atom. The molecule has 0 spiro atoms. The van der Waals surface area contributed by atoms with Crippen LogP contribution in [0.1, 0.15) is 45.6 Å². The molecule has 0 amide bonds. The van der Waals surface area contributed by atoms with E-state index in [1.165, 1.54) is 11.0 Å². The Balaban J connectivity index is 1.83. The number of fused-ring (bicyclic) bond motifs is 1. The predicted molar refractivity (Wildman–Crippen MR) is 120 cm³/mol. The third-order valence-electron chi connectivity index (χ3n) is 6.01. The molecule has 2 heterocycles. The van der Waals surface area contributed by atoms with E-state index in [0.717, 1.165) is 18.4 Å². The Labute approximate surface area is 180 Å². The van der Waals surface area contributed by atoms with E-state index >= 15 is 0 Å². The van der Waals surface area contributed by atoms with Crippen LogP contribution < -0.4 is 16.6 Å². The summed E-state index contributed by atoms with van der Waals surface area (Å²) in [7, 11) is 1.61. The van der Waals surface area contributed by atoms with Crippen LogP contribution in [0.4, 0.5) is 5.95 Å². The number of H-pyrrole nitrogens is 1. The lowest BCUT2D eigenvalue weighted by Crippen LogP contribution is -2.36. The van der Waals surface area contributed by atoms with Crippen LogP contribution in [0.2, 0.25) is 5.02 Å². The smallest absolute Gasteiger partial charge is 0.329 e. The fourth-order valence-electron chi connectivity index (χ4n) is 4.93. The van der Waals surface area contributed by atoms with Crippen LogP contribution >= 0.6 is 11.6 Å². The number of hydrogen-bond acceptors (Lipinski definition) is 4. The lowest BCUT2D eigenvalue weighted by Gasteiger charge is -2.39. The van der Waals surface area contributed by atoms with Crippen molar-refractivity contribution in [3.63, 3.8) is 0 Å². The van der Waals surface area contributed by atoms with Gasteiger partial charge in [0.2, 0.25) is 5.95 Å². The summed E-state index contributed by atoms with van der Waals surface area (Å²) in [6, 6.07) is 7.79. The first kappa shape index (κ1) is 20.7. The van der Waals surface area contributed by atoms with Crippen LogP contribution in [0.3, 0.4) is 0 Å². The topological polar surface area (TPSA) is 84.7 Å². The number of aromatic nitrogens is 4. The molecule has 4 rings (SSSR count). The summed E-state index contributed by atoms with van der Waals surface area (Å²) in [6.45, 7) is 7.24. The number of halogens is 1. The van der Waals surface area contributed by atoms with Gasteiger partial charge in [-0.2, -0.15) is 4.98 Å². The van der Waals surface area contributed by atoms with Gasteiger partial charge in [0.05, 0.1) is 6.54 Å². The first-order chi connectivity index (χ1) is 14.1. The van der Waals surface area contributed by atoms with E-state index < -0.39 is 11.2 Å². The van der Waals surface area contributed by atoms with Crippen LogP contribution in [-0.4, -0.2) is 25.1 Å². The number of rotatable bonds is 4. The lowest BCUT2D eigenvalue weighted by molar-refractivity contribution is 0.177. The van der Waals surface area contributed by atoms with E-state index in [0.29, 0.717) is 34.6 Å². The first-order valence-electron chi connectivity index (χ1n) is 10.3. The predicted octanol–water partition coefficient (Wildman–Crippen LogP) is 3.75. The van der Waals surface area contributed by atoms with Gasteiger partial charge in [0, 0.05) is 18.1 Å². The van der Waals surface area contributed by atoms with Crippen molar-refractivity contribution in [2.75, 3.05) is 5.32 Å². The van der Waals surface area contributed by atoms with Gasteiger partial charge in [-0.05, 0) is 42.2 Å². The van der Waals surface area contributed by atoms with Gasteiger partial charge >= 0.3 is 5.69 Å². The van der Waals surface area contributed by atoms with Crippen LogP contribution in [0.5, 0.6) is 0 Å². The number of anilines is 1. The second-order valence-corrected chi connectivity index (χ2v) is 9.77.